The number of carbonyl (C=O) groups excluding carboxylic acids is 1. The average Bonchev–Trinajstić information content (AvgIpc) is 2.35. The predicted molar refractivity (Wildman–Crippen MR) is 71.6 cm³/mol. The number of hydrogen-bond acceptors (Lipinski definition) is 2. The molecule has 0 radical (unpaired) electrons. The molecular formula is C13H26N2O3. The Labute approximate surface area is 109 Å². The molecule has 0 aromatic rings. The summed E-state index contributed by atoms with van der Waals surface area (Å²) in [6, 6.07) is -0.304. The molecule has 2 amide bonds. The normalized spacial score (nSPS) is 14.7. The van der Waals surface area contributed by atoms with Crippen molar-refractivity contribution in [1.29, 1.82) is 0 Å². The summed E-state index contributed by atoms with van der Waals surface area (Å²) in [5, 5.41) is 14.6. The molecule has 5 heteroatoms. The summed E-state index contributed by atoms with van der Waals surface area (Å²) in [4.78, 5) is 22.8. The summed E-state index contributed by atoms with van der Waals surface area (Å²) < 4.78 is 0. The Kier molecular flexibility index (Phi) is 6.15. The van der Waals surface area contributed by atoms with Crippen molar-refractivity contribution in [3.05, 3.63) is 0 Å². The van der Waals surface area contributed by atoms with Gasteiger partial charge >= 0.3 is 12.0 Å². The fourth-order valence-corrected chi connectivity index (χ4v) is 1.37. The highest BCUT2D eigenvalue weighted by Gasteiger charge is 2.32. The van der Waals surface area contributed by atoms with E-state index in [4.69, 9.17) is 5.11 Å². The SMILES string of the molecule is CCC(C)(CC)NC(=O)NCC(C)(CC)C(=O)O. The van der Waals surface area contributed by atoms with Gasteiger partial charge in [0.05, 0.1) is 5.41 Å². The standard InChI is InChI=1S/C13H26N2O3/c1-6-12(4,10(16)17)9-14-11(18)15-13(5,7-2)8-3/h6-9H2,1-5H3,(H,16,17)(H2,14,15,18). The highest BCUT2D eigenvalue weighted by atomic mass is 16.4. The van der Waals surface area contributed by atoms with Crippen LogP contribution in [0.2, 0.25) is 0 Å². The van der Waals surface area contributed by atoms with E-state index in [0.29, 0.717) is 6.42 Å². The van der Waals surface area contributed by atoms with Gasteiger partial charge in [0.1, 0.15) is 0 Å². The van der Waals surface area contributed by atoms with Gasteiger partial charge in [0.2, 0.25) is 0 Å². The van der Waals surface area contributed by atoms with Crippen molar-refractivity contribution in [2.24, 2.45) is 5.41 Å². The number of rotatable bonds is 7. The molecule has 0 saturated carbocycles. The van der Waals surface area contributed by atoms with Gasteiger partial charge in [-0.25, -0.2) is 4.79 Å². The number of nitrogens with one attached hydrogen (secondary N) is 2. The maximum atomic E-state index is 11.7. The monoisotopic (exact) mass is 258 g/mol. The summed E-state index contributed by atoms with van der Waals surface area (Å²) in [5.41, 5.74) is -1.15. The van der Waals surface area contributed by atoms with Crippen LogP contribution < -0.4 is 10.6 Å². The number of carboxylic acids is 1. The van der Waals surface area contributed by atoms with Gasteiger partial charge in [-0.2, -0.15) is 0 Å². The summed E-state index contributed by atoms with van der Waals surface area (Å²) in [5.74, 6) is -0.890. The van der Waals surface area contributed by atoms with Crippen molar-refractivity contribution >= 4 is 12.0 Å². The van der Waals surface area contributed by atoms with Crippen LogP contribution in [0.1, 0.15) is 53.9 Å². The van der Waals surface area contributed by atoms with Gasteiger partial charge in [-0.05, 0) is 33.1 Å². The smallest absolute Gasteiger partial charge is 0.315 e. The number of amides is 2. The van der Waals surface area contributed by atoms with Crippen LogP contribution in [-0.2, 0) is 4.79 Å². The molecule has 106 valence electrons. The van der Waals surface area contributed by atoms with Crippen molar-refractivity contribution in [2.45, 2.75) is 59.4 Å². The van der Waals surface area contributed by atoms with Crippen molar-refractivity contribution in [2.75, 3.05) is 6.54 Å². The Morgan fingerprint density at radius 2 is 1.56 bits per heavy atom. The molecule has 0 aliphatic carbocycles. The minimum atomic E-state index is -0.911. The quantitative estimate of drug-likeness (QED) is 0.656. The number of hydrogen-bond donors (Lipinski definition) is 3. The average molecular weight is 258 g/mol. The van der Waals surface area contributed by atoms with E-state index in [1.165, 1.54) is 0 Å². The molecule has 0 rings (SSSR count). The lowest BCUT2D eigenvalue weighted by atomic mass is 9.88. The third kappa shape index (κ3) is 4.55. The van der Waals surface area contributed by atoms with E-state index in [-0.39, 0.29) is 18.1 Å². The molecule has 0 spiro atoms. The Bertz CT molecular complexity index is 301. The third-order valence-corrected chi connectivity index (χ3v) is 3.91. The topological polar surface area (TPSA) is 78.4 Å². The van der Waals surface area contributed by atoms with E-state index in [2.05, 4.69) is 10.6 Å². The molecule has 1 atom stereocenters. The van der Waals surface area contributed by atoms with Gasteiger partial charge in [-0.3, -0.25) is 4.79 Å². The van der Waals surface area contributed by atoms with E-state index in [0.717, 1.165) is 12.8 Å². The zero-order chi connectivity index (χ0) is 14.4. The maximum absolute atomic E-state index is 11.7. The minimum Gasteiger partial charge on any atom is -0.481 e. The second kappa shape index (κ2) is 6.61. The summed E-state index contributed by atoms with van der Waals surface area (Å²) in [6.07, 6.45) is 2.14. The molecule has 0 heterocycles. The fourth-order valence-electron chi connectivity index (χ4n) is 1.37. The van der Waals surface area contributed by atoms with E-state index in [1.54, 1.807) is 13.8 Å². The van der Waals surface area contributed by atoms with E-state index in [9.17, 15) is 9.59 Å². The first kappa shape index (κ1) is 16.7. The van der Waals surface area contributed by atoms with Crippen molar-refractivity contribution in [3.63, 3.8) is 0 Å². The Morgan fingerprint density at radius 1 is 1.06 bits per heavy atom. The summed E-state index contributed by atoms with van der Waals surface area (Å²) >= 11 is 0. The number of carboxylic acid groups (broad SMARTS) is 1. The fraction of sp³-hybridized carbons (Fsp3) is 0.846. The maximum Gasteiger partial charge on any atom is 0.315 e. The molecule has 18 heavy (non-hydrogen) atoms. The van der Waals surface area contributed by atoms with Crippen LogP contribution in [0.15, 0.2) is 0 Å². The Hall–Kier alpha value is -1.26. The molecule has 1 unspecified atom stereocenters. The van der Waals surface area contributed by atoms with Crippen LogP contribution in [0.4, 0.5) is 4.79 Å². The van der Waals surface area contributed by atoms with Crippen molar-refractivity contribution in [1.82, 2.24) is 10.6 Å². The number of urea groups is 1. The lowest BCUT2D eigenvalue weighted by Crippen LogP contribution is -2.52. The molecular weight excluding hydrogens is 232 g/mol. The second-order valence-electron chi connectivity index (χ2n) is 5.29. The number of carbonyl (C=O) groups is 2. The highest BCUT2D eigenvalue weighted by Crippen LogP contribution is 2.20. The first-order valence-electron chi connectivity index (χ1n) is 6.52. The molecule has 0 aliphatic rings. The molecule has 0 aliphatic heterocycles. The van der Waals surface area contributed by atoms with Crippen LogP contribution in [0.25, 0.3) is 0 Å². The summed E-state index contributed by atoms with van der Waals surface area (Å²) in [6.45, 7) is 9.57. The Morgan fingerprint density at radius 3 is 1.89 bits per heavy atom. The first-order chi connectivity index (χ1) is 8.23. The van der Waals surface area contributed by atoms with Gasteiger partial charge in [-0.1, -0.05) is 20.8 Å². The van der Waals surface area contributed by atoms with Crippen LogP contribution in [0.5, 0.6) is 0 Å². The highest BCUT2D eigenvalue weighted by molar-refractivity contribution is 5.78. The Balaban J connectivity index is 4.39. The molecule has 0 fully saturated rings. The van der Waals surface area contributed by atoms with Gasteiger partial charge in [-0.15, -0.1) is 0 Å². The second-order valence-corrected chi connectivity index (χ2v) is 5.29. The van der Waals surface area contributed by atoms with E-state index >= 15 is 0 Å². The van der Waals surface area contributed by atoms with Crippen molar-refractivity contribution < 1.29 is 14.7 Å². The lowest BCUT2D eigenvalue weighted by Gasteiger charge is -2.30. The zero-order valence-electron chi connectivity index (χ0n) is 12.1. The van der Waals surface area contributed by atoms with Gasteiger partial charge < -0.3 is 15.7 Å². The van der Waals surface area contributed by atoms with Crippen LogP contribution in [0, 0.1) is 5.41 Å². The van der Waals surface area contributed by atoms with E-state index in [1.807, 2.05) is 20.8 Å². The zero-order valence-corrected chi connectivity index (χ0v) is 12.1. The molecule has 0 aromatic carbocycles. The van der Waals surface area contributed by atoms with E-state index < -0.39 is 11.4 Å². The van der Waals surface area contributed by atoms with Gasteiger partial charge in [0.15, 0.2) is 0 Å². The largest absolute Gasteiger partial charge is 0.481 e. The molecule has 0 bridgehead atoms. The first-order valence-corrected chi connectivity index (χ1v) is 6.52. The van der Waals surface area contributed by atoms with Gasteiger partial charge in [0, 0.05) is 12.1 Å². The minimum absolute atomic E-state index is 0.133. The van der Waals surface area contributed by atoms with Crippen LogP contribution in [-0.4, -0.2) is 29.2 Å². The summed E-state index contributed by atoms with van der Waals surface area (Å²) in [7, 11) is 0. The number of aliphatic carboxylic acids is 1. The van der Waals surface area contributed by atoms with Crippen LogP contribution >= 0.6 is 0 Å². The molecule has 3 N–H and O–H groups in total. The predicted octanol–water partition coefficient (Wildman–Crippen LogP) is 2.37. The third-order valence-electron chi connectivity index (χ3n) is 3.91. The van der Waals surface area contributed by atoms with Gasteiger partial charge in [0.25, 0.3) is 0 Å². The molecule has 5 nitrogen and oxygen atoms in total. The lowest BCUT2D eigenvalue weighted by molar-refractivity contribution is -0.147. The van der Waals surface area contributed by atoms with Crippen molar-refractivity contribution in [3.8, 4) is 0 Å². The van der Waals surface area contributed by atoms with Crippen LogP contribution in [0.3, 0.4) is 0 Å². The molecule has 0 aromatic heterocycles. The molecule has 0 saturated heterocycles.